The maximum atomic E-state index is 14.3. The van der Waals surface area contributed by atoms with Crippen LogP contribution in [0.1, 0.15) is 49.5 Å². The first-order valence-corrected chi connectivity index (χ1v) is 9.69. The average molecular weight is 422 g/mol. The van der Waals surface area contributed by atoms with Crippen molar-refractivity contribution in [3.63, 3.8) is 0 Å². The molecule has 2 aromatic rings. The molecule has 162 valence electrons. The highest BCUT2D eigenvalue weighted by Gasteiger charge is 2.31. The number of nitrogens with one attached hydrogen (secondary N) is 1. The number of nitrogens with zero attached hydrogens (tertiary/aromatic N) is 1. The van der Waals surface area contributed by atoms with Crippen molar-refractivity contribution >= 4 is 22.8 Å². The van der Waals surface area contributed by atoms with E-state index in [1.807, 2.05) is 13.8 Å². The molecule has 1 N–H and O–H groups in total. The van der Waals surface area contributed by atoms with Gasteiger partial charge in [0.25, 0.3) is 5.91 Å². The normalized spacial score (nSPS) is 14.6. The molecule has 9 heteroatoms. The fourth-order valence-corrected chi connectivity index (χ4v) is 3.48. The molecular weight excluding hydrogens is 398 g/mol. The van der Waals surface area contributed by atoms with Gasteiger partial charge in [-0.1, -0.05) is 13.8 Å². The molecular formula is C21H24F2N2O5. The number of hydrogen-bond acceptors (Lipinski definition) is 5. The highest BCUT2D eigenvalue weighted by molar-refractivity contribution is 6.00. The van der Waals surface area contributed by atoms with Crippen LogP contribution in [0.3, 0.4) is 0 Å². The van der Waals surface area contributed by atoms with Crippen molar-refractivity contribution in [2.75, 3.05) is 14.2 Å². The fraction of sp³-hybridized carbons (Fsp3) is 0.476. The third kappa shape index (κ3) is 4.01. The summed E-state index contributed by atoms with van der Waals surface area (Å²) in [7, 11) is 2.40. The molecule has 7 nitrogen and oxygen atoms in total. The van der Waals surface area contributed by atoms with E-state index >= 15 is 0 Å². The smallest absolute Gasteiger partial charge is 0.328 e. The highest BCUT2D eigenvalue weighted by atomic mass is 19.2. The van der Waals surface area contributed by atoms with Crippen LogP contribution in [0.2, 0.25) is 0 Å². The first-order valence-electron chi connectivity index (χ1n) is 9.69. The third-order valence-corrected chi connectivity index (χ3v) is 5.05. The highest BCUT2D eigenvalue weighted by Crippen LogP contribution is 2.40. The molecule has 30 heavy (non-hydrogen) atoms. The van der Waals surface area contributed by atoms with Crippen LogP contribution in [0.4, 0.5) is 8.78 Å². The molecule has 1 heterocycles. The van der Waals surface area contributed by atoms with E-state index in [4.69, 9.17) is 9.47 Å². The van der Waals surface area contributed by atoms with Crippen LogP contribution in [0.5, 0.6) is 5.75 Å². The number of esters is 1. The lowest BCUT2D eigenvalue weighted by molar-refractivity contribution is -0.143. The standard InChI is InChI=1S/C21H24F2N2O5/c1-10(2)7-15(21(28)30-4)24-20(27)13-9-25(11-5-6-11)17-12(18(13)26)8-14(22)16(23)19(17)29-3/h8-11,15H,5-7H2,1-4H3,(H,24,27). The second-order valence-corrected chi connectivity index (χ2v) is 7.79. The van der Waals surface area contributed by atoms with Gasteiger partial charge in [0, 0.05) is 12.2 Å². The summed E-state index contributed by atoms with van der Waals surface area (Å²) in [4.78, 5) is 37.9. The topological polar surface area (TPSA) is 86.6 Å². The largest absolute Gasteiger partial charge is 0.491 e. The molecule has 1 aromatic carbocycles. The zero-order valence-corrected chi connectivity index (χ0v) is 17.3. The molecule has 1 unspecified atom stereocenters. The minimum Gasteiger partial charge on any atom is -0.491 e. The third-order valence-electron chi connectivity index (χ3n) is 5.05. The van der Waals surface area contributed by atoms with Gasteiger partial charge in [-0.3, -0.25) is 9.59 Å². The molecule has 0 bridgehead atoms. The van der Waals surface area contributed by atoms with Gasteiger partial charge in [-0.25, -0.2) is 9.18 Å². The van der Waals surface area contributed by atoms with Gasteiger partial charge >= 0.3 is 5.97 Å². The number of halogens is 2. The van der Waals surface area contributed by atoms with Gasteiger partial charge in [-0.2, -0.15) is 4.39 Å². The summed E-state index contributed by atoms with van der Waals surface area (Å²) >= 11 is 0. The Kier molecular flexibility index (Phi) is 6.09. The number of pyridine rings is 1. The number of fused-ring (bicyclic) bond motifs is 1. The number of carbonyl (C=O) groups is 2. The van der Waals surface area contributed by atoms with Gasteiger partial charge in [-0.15, -0.1) is 0 Å². The Morgan fingerprint density at radius 2 is 1.93 bits per heavy atom. The molecule has 1 aliphatic carbocycles. The van der Waals surface area contributed by atoms with Crippen molar-refractivity contribution in [3.05, 3.63) is 39.7 Å². The minimum atomic E-state index is -1.25. The Morgan fingerprint density at radius 3 is 2.47 bits per heavy atom. The van der Waals surface area contributed by atoms with Crippen LogP contribution in [0, 0.1) is 17.6 Å². The average Bonchev–Trinajstić information content (AvgIpc) is 3.53. The van der Waals surface area contributed by atoms with Crippen molar-refractivity contribution in [1.29, 1.82) is 0 Å². The van der Waals surface area contributed by atoms with Gasteiger partial charge in [0.2, 0.25) is 11.2 Å². The number of ether oxygens (including phenoxy) is 2. The van der Waals surface area contributed by atoms with E-state index in [0.29, 0.717) is 6.42 Å². The van der Waals surface area contributed by atoms with Crippen LogP contribution in [-0.4, -0.2) is 36.7 Å². The van der Waals surface area contributed by atoms with Gasteiger partial charge in [0.15, 0.2) is 11.6 Å². The van der Waals surface area contributed by atoms with E-state index in [9.17, 15) is 23.2 Å². The summed E-state index contributed by atoms with van der Waals surface area (Å²) in [6, 6.07) is -0.228. The van der Waals surface area contributed by atoms with E-state index in [2.05, 4.69) is 5.32 Å². The molecule has 0 spiro atoms. The van der Waals surface area contributed by atoms with Gasteiger partial charge in [-0.05, 0) is 31.2 Å². The predicted molar refractivity (Wildman–Crippen MR) is 106 cm³/mol. The van der Waals surface area contributed by atoms with Crippen LogP contribution >= 0.6 is 0 Å². The lowest BCUT2D eigenvalue weighted by atomic mass is 10.0. The molecule has 1 fully saturated rings. The molecule has 3 rings (SSSR count). The number of benzene rings is 1. The van der Waals surface area contributed by atoms with Gasteiger partial charge in [0.1, 0.15) is 11.6 Å². The van der Waals surface area contributed by atoms with E-state index in [1.165, 1.54) is 20.4 Å². The van der Waals surface area contributed by atoms with Crippen LogP contribution in [0.15, 0.2) is 17.1 Å². The number of rotatable bonds is 7. The minimum absolute atomic E-state index is 0.0644. The molecule has 1 atom stereocenters. The Bertz CT molecular complexity index is 1060. The molecule has 0 radical (unpaired) electrons. The van der Waals surface area contributed by atoms with E-state index < -0.39 is 35.0 Å². The first-order chi connectivity index (χ1) is 14.2. The quantitative estimate of drug-likeness (QED) is 0.694. The SMILES string of the molecule is COC(=O)C(CC(C)C)NC(=O)c1cn(C2CC2)c2c(OC)c(F)c(F)cc2c1=O. The van der Waals surface area contributed by atoms with E-state index in [0.717, 1.165) is 18.9 Å². The molecule has 0 saturated heterocycles. The summed E-state index contributed by atoms with van der Waals surface area (Å²) in [5.74, 6) is -4.16. The summed E-state index contributed by atoms with van der Waals surface area (Å²) < 4.78 is 39.7. The molecule has 1 amide bonds. The Balaban J connectivity index is 2.14. The Morgan fingerprint density at radius 1 is 1.27 bits per heavy atom. The van der Waals surface area contributed by atoms with Crippen LogP contribution in [0.25, 0.3) is 10.9 Å². The molecule has 1 aromatic heterocycles. The fourth-order valence-electron chi connectivity index (χ4n) is 3.48. The monoisotopic (exact) mass is 422 g/mol. The zero-order chi connectivity index (χ0) is 22.2. The van der Waals surface area contributed by atoms with Crippen LogP contribution in [-0.2, 0) is 9.53 Å². The first kappa shape index (κ1) is 21.7. The Labute approximate surface area is 172 Å². The van der Waals surface area contributed by atoms with Crippen molar-refractivity contribution in [2.24, 2.45) is 5.92 Å². The number of methoxy groups -OCH3 is 2. The maximum absolute atomic E-state index is 14.3. The Hall–Kier alpha value is -2.97. The molecule has 0 aliphatic heterocycles. The number of aromatic nitrogens is 1. The maximum Gasteiger partial charge on any atom is 0.328 e. The summed E-state index contributed by atoms with van der Waals surface area (Å²) in [5.41, 5.74) is -0.933. The number of hydrogen-bond donors (Lipinski definition) is 1. The molecule has 1 aliphatic rings. The molecule has 1 saturated carbocycles. The van der Waals surface area contributed by atoms with Crippen molar-refractivity contribution in [1.82, 2.24) is 9.88 Å². The van der Waals surface area contributed by atoms with Crippen molar-refractivity contribution in [3.8, 4) is 5.75 Å². The number of amides is 1. The summed E-state index contributed by atoms with van der Waals surface area (Å²) in [6.07, 6.45) is 3.16. The number of carbonyl (C=O) groups excluding carboxylic acids is 2. The predicted octanol–water partition coefficient (Wildman–Crippen LogP) is 2.94. The zero-order valence-electron chi connectivity index (χ0n) is 17.3. The van der Waals surface area contributed by atoms with Crippen molar-refractivity contribution in [2.45, 2.75) is 45.2 Å². The van der Waals surface area contributed by atoms with E-state index in [-0.39, 0.29) is 34.2 Å². The summed E-state index contributed by atoms with van der Waals surface area (Å²) in [5, 5.41) is 2.37. The second-order valence-electron chi connectivity index (χ2n) is 7.79. The summed E-state index contributed by atoms with van der Waals surface area (Å²) in [6.45, 7) is 3.75. The van der Waals surface area contributed by atoms with Crippen molar-refractivity contribution < 1.29 is 27.8 Å². The van der Waals surface area contributed by atoms with Crippen LogP contribution < -0.4 is 15.5 Å². The second kappa shape index (κ2) is 8.41. The lowest BCUT2D eigenvalue weighted by Gasteiger charge is -2.20. The lowest BCUT2D eigenvalue weighted by Crippen LogP contribution is -2.43. The van der Waals surface area contributed by atoms with E-state index in [1.54, 1.807) is 4.57 Å². The van der Waals surface area contributed by atoms with Gasteiger partial charge in [0.05, 0.1) is 25.1 Å². The van der Waals surface area contributed by atoms with Gasteiger partial charge < -0.3 is 19.4 Å².